The van der Waals surface area contributed by atoms with Gasteiger partial charge in [0.1, 0.15) is 5.65 Å². The van der Waals surface area contributed by atoms with Gasteiger partial charge < -0.3 is 0 Å². The van der Waals surface area contributed by atoms with Crippen LogP contribution in [0.15, 0.2) is 83.9 Å². The lowest BCUT2D eigenvalue weighted by atomic mass is 10.0. The third-order valence-electron chi connectivity index (χ3n) is 4.00. The minimum absolute atomic E-state index is 0.0780. The molecule has 0 bridgehead atoms. The summed E-state index contributed by atoms with van der Waals surface area (Å²) in [5.41, 5.74) is 3.35. The van der Waals surface area contributed by atoms with Crippen molar-refractivity contribution in [2.75, 3.05) is 0 Å². The van der Waals surface area contributed by atoms with Crippen LogP contribution in [0, 0.1) is 0 Å². The third kappa shape index (κ3) is 2.58. The van der Waals surface area contributed by atoms with Gasteiger partial charge in [0.05, 0.1) is 12.2 Å². The summed E-state index contributed by atoms with van der Waals surface area (Å²) in [5.74, 6) is 0. The summed E-state index contributed by atoms with van der Waals surface area (Å²) in [4.78, 5) is 21.5. The Hall–Kier alpha value is -3.27. The van der Waals surface area contributed by atoms with Gasteiger partial charge in [-0.3, -0.25) is 14.3 Å². The molecule has 0 radical (unpaired) electrons. The molecule has 4 heteroatoms. The summed E-state index contributed by atoms with van der Waals surface area (Å²) in [6.45, 7) is 0.405. The zero-order valence-corrected chi connectivity index (χ0v) is 13.0. The highest BCUT2D eigenvalue weighted by molar-refractivity contribution is 5.92. The molecule has 0 spiro atoms. The van der Waals surface area contributed by atoms with Crippen LogP contribution in [0.2, 0.25) is 0 Å². The van der Waals surface area contributed by atoms with Gasteiger partial charge in [0.15, 0.2) is 0 Å². The van der Waals surface area contributed by atoms with Gasteiger partial charge in [-0.1, -0.05) is 36.4 Å². The molecule has 0 amide bonds. The van der Waals surface area contributed by atoms with Gasteiger partial charge in [-0.15, -0.1) is 0 Å². The van der Waals surface area contributed by atoms with Crippen LogP contribution in [0.1, 0.15) is 5.69 Å². The van der Waals surface area contributed by atoms with Crippen LogP contribution in [0.25, 0.3) is 22.2 Å². The molecule has 4 aromatic rings. The van der Waals surface area contributed by atoms with Crippen LogP contribution in [0.3, 0.4) is 0 Å². The summed E-state index contributed by atoms with van der Waals surface area (Å²) in [7, 11) is 0. The van der Waals surface area contributed by atoms with Gasteiger partial charge in [-0.2, -0.15) is 0 Å². The first-order valence-electron chi connectivity index (χ1n) is 7.77. The van der Waals surface area contributed by atoms with E-state index in [4.69, 9.17) is 0 Å². The van der Waals surface area contributed by atoms with E-state index in [1.165, 1.54) is 0 Å². The molecule has 0 atom stereocenters. The van der Waals surface area contributed by atoms with E-state index in [1.54, 1.807) is 23.0 Å². The molecular weight excluding hydrogens is 298 g/mol. The lowest BCUT2D eigenvalue weighted by molar-refractivity contribution is 0.762. The average molecular weight is 313 g/mol. The van der Waals surface area contributed by atoms with Crippen molar-refractivity contribution < 1.29 is 0 Å². The predicted molar refractivity (Wildman–Crippen MR) is 94.8 cm³/mol. The summed E-state index contributed by atoms with van der Waals surface area (Å²) in [6, 6.07) is 21.2. The van der Waals surface area contributed by atoms with Gasteiger partial charge in [-0.05, 0) is 35.4 Å². The smallest absolute Gasteiger partial charge is 0.253 e. The number of rotatable bonds is 3. The van der Waals surface area contributed by atoms with Crippen molar-refractivity contribution in [3.8, 4) is 11.1 Å². The monoisotopic (exact) mass is 313 g/mol. The lowest BCUT2D eigenvalue weighted by Gasteiger charge is -2.12. The number of benzene rings is 1. The Labute approximate surface area is 139 Å². The molecule has 3 heterocycles. The Morgan fingerprint density at radius 1 is 0.833 bits per heavy atom. The van der Waals surface area contributed by atoms with Gasteiger partial charge in [-0.25, -0.2) is 4.98 Å². The fourth-order valence-electron chi connectivity index (χ4n) is 2.87. The van der Waals surface area contributed by atoms with E-state index in [9.17, 15) is 4.79 Å². The van der Waals surface area contributed by atoms with Gasteiger partial charge in [0, 0.05) is 23.8 Å². The first-order valence-corrected chi connectivity index (χ1v) is 7.77. The Morgan fingerprint density at radius 3 is 2.42 bits per heavy atom. The van der Waals surface area contributed by atoms with Crippen molar-refractivity contribution >= 4 is 11.0 Å². The van der Waals surface area contributed by atoms with Crippen LogP contribution in [0.4, 0.5) is 0 Å². The largest absolute Gasteiger partial charge is 0.287 e. The van der Waals surface area contributed by atoms with Gasteiger partial charge in [0.2, 0.25) is 0 Å². The third-order valence-corrected chi connectivity index (χ3v) is 4.00. The molecule has 0 saturated heterocycles. The fraction of sp³-hybridized carbons (Fsp3) is 0.0500. The van der Waals surface area contributed by atoms with E-state index in [0.29, 0.717) is 12.2 Å². The van der Waals surface area contributed by atoms with Crippen LogP contribution in [-0.4, -0.2) is 14.5 Å². The number of fused-ring (bicyclic) bond motifs is 1. The quantitative estimate of drug-likeness (QED) is 0.581. The second-order valence-electron chi connectivity index (χ2n) is 5.54. The van der Waals surface area contributed by atoms with Crippen molar-refractivity contribution in [3.05, 3.63) is 95.2 Å². The minimum Gasteiger partial charge on any atom is -0.287 e. The first-order chi connectivity index (χ1) is 11.8. The average Bonchev–Trinajstić information content (AvgIpc) is 2.65. The fourth-order valence-corrected chi connectivity index (χ4v) is 2.87. The number of hydrogen-bond acceptors (Lipinski definition) is 3. The van der Waals surface area contributed by atoms with Crippen LogP contribution in [0.5, 0.6) is 0 Å². The van der Waals surface area contributed by atoms with Crippen LogP contribution < -0.4 is 5.56 Å². The second-order valence-corrected chi connectivity index (χ2v) is 5.54. The number of hydrogen-bond donors (Lipinski definition) is 0. The Balaban J connectivity index is 1.94. The number of nitrogens with zero attached hydrogens (tertiary/aromatic N) is 3. The Morgan fingerprint density at radius 2 is 1.62 bits per heavy atom. The maximum atomic E-state index is 12.7. The molecule has 0 unspecified atom stereocenters. The number of pyridine rings is 3. The second kappa shape index (κ2) is 6.08. The van der Waals surface area contributed by atoms with E-state index in [-0.39, 0.29) is 5.56 Å². The van der Waals surface area contributed by atoms with Crippen molar-refractivity contribution in [2.24, 2.45) is 0 Å². The standard InChI is InChI=1S/C20H15N3O/c24-19-13-18(15-7-2-1-3-8-15)17-10-6-12-22-20(17)23(19)14-16-9-4-5-11-21-16/h1-13H,14H2. The molecule has 0 aliphatic heterocycles. The molecule has 0 aliphatic carbocycles. The van der Waals surface area contributed by atoms with E-state index in [2.05, 4.69) is 9.97 Å². The van der Waals surface area contributed by atoms with E-state index >= 15 is 0 Å². The summed E-state index contributed by atoms with van der Waals surface area (Å²) in [5, 5.41) is 0.958. The van der Waals surface area contributed by atoms with Crippen molar-refractivity contribution in [1.82, 2.24) is 14.5 Å². The topological polar surface area (TPSA) is 47.8 Å². The Bertz CT molecular complexity index is 1040. The molecule has 0 saturated carbocycles. The summed E-state index contributed by atoms with van der Waals surface area (Å²) in [6.07, 6.45) is 3.44. The van der Waals surface area contributed by atoms with Crippen molar-refractivity contribution in [2.45, 2.75) is 6.54 Å². The lowest BCUT2D eigenvalue weighted by Crippen LogP contribution is -2.22. The van der Waals surface area contributed by atoms with E-state index < -0.39 is 0 Å². The van der Waals surface area contributed by atoms with Crippen molar-refractivity contribution in [3.63, 3.8) is 0 Å². The van der Waals surface area contributed by atoms with E-state index in [0.717, 1.165) is 22.2 Å². The molecule has 1 aromatic carbocycles. The minimum atomic E-state index is -0.0780. The zero-order chi connectivity index (χ0) is 16.4. The highest BCUT2D eigenvalue weighted by Gasteiger charge is 2.11. The molecule has 0 fully saturated rings. The van der Waals surface area contributed by atoms with Gasteiger partial charge >= 0.3 is 0 Å². The highest BCUT2D eigenvalue weighted by Crippen LogP contribution is 2.26. The first kappa shape index (κ1) is 14.3. The summed E-state index contributed by atoms with van der Waals surface area (Å²) < 4.78 is 1.67. The predicted octanol–water partition coefficient (Wildman–Crippen LogP) is 3.51. The normalized spacial score (nSPS) is 10.8. The molecule has 24 heavy (non-hydrogen) atoms. The molecule has 116 valence electrons. The summed E-state index contributed by atoms with van der Waals surface area (Å²) >= 11 is 0. The van der Waals surface area contributed by atoms with Crippen LogP contribution in [-0.2, 0) is 6.54 Å². The molecule has 0 aliphatic rings. The van der Waals surface area contributed by atoms with Crippen LogP contribution >= 0.6 is 0 Å². The maximum absolute atomic E-state index is 12.7. The molecule has 4 nitrogen and oxygen atoms in total. The maximum Gasteiger partial charge on any atom is 0.253 e. The molecule has 3 aromatic heterocycles. The molecule has 0 N–H and O–H groups in total. The highest BCUT2D eigenvalue weighted by atomic mass is 16.1. The van der Waals surface area contributed by atoms with E-state index in [1.807, 2.05) is 60.7 Å². The van der Waals surface area contributed by atoms with Crippen molar-refractivity contribution in [1.29, 1.82) is 0 Å². The Kier molecular flexibility index (Phi) is 3.63. The SMILES string of the molecule is O=c1cc(-c2ccccc2)c2cccnc2n1Cc1ccccn1. The zero-order valence-electron chi connectivity index (χ0n) is 13.0. The number of aromatic nitrogens is 3. The molecular formula is C20H15N3O. The molecule has 4 rings (SSSR count). The van der Waals surface area contributed by atoms with Gasteiger partial charge in [0.25, 0.3) is 5.56 Å².